The molecule has 0 aliphatic carbocycles. The lowest BCUT2D eigenvalue weighted by atomic mass is 10.1. The summed E-state index contributed by atoms with van der Waals surface area (Å²) in [5.41, 5.74) is 4.45. The zero-order valence-electron chi connectivity index (χ0n) is 21.6. The molecule has 5 rings (SSSR count). The molecule has 1 amide bonds. The second kappa shape index (κ2) is 10.2. The van der Waals surface area contributed by atoms with Crippen LogP contribution in [0.2, 0.25) is 0 Å². The zero-order chi connectivity index (χ0) is 27.0. The highest BCUT2D eigenvalue weighted by Crippen LogP contribution is 2.23. The van der Waals surface area contributed by atoms with Crippen molar-refractivity contribution in [2.24, 2.45) is 7.05 Å². The molecule has 0 atom stereocenters. The van der Waals surface area contributed by atoms with Gasteiger partial charge in [-0.2, -0.15) is 0 Å². The number of rotatable bonds is 6. The Balaban J connectivity index is 1.47. The maximum Gasteiger partial charge on any atom is 0.295 e. The van der Waals surface area contributed by atoms with Gasteiger partial charge >= 0.3 is 0 Å². The van der Waals surface area contributed by atoms with Crippen molar-refractivity contribution < 1.29 is 4.79 Å². The number of para-hydroxylation sites is 2. The van der Waals surface area contributed by atoms with Crippen LogP contribution in [0, 0.1) is 20.8 Å². The molecule has 0 aliphatic heterocycles. The number of nitrogens with zero attached hydrogens (tertiary/aromatic N) is 4. The molecule has 0 unspecified atom stereocenters. The molecule has 9 heteroatoms. The maximum atomic E-state index is 13.5. The summed E-state index contributed by atoms with van der Waals surface area (Å²) in [6.07, 6.45) is 0. The number of carbonyl (C=O) groups is 1. The normalized spacial score (nSPS) is 11.2. The Kier molecular flexibility index (Phi) is 6.77. The minimum atomic E-state index is -0.366. The largest absolute Gasteiger partial charge is 0.319 e. The first-order chi connectivity index (χ1) is 18.3. The van der Waals surface area contributed by atoms with E-state index in [2.05, 4.69) is 5.32 Å². The monoisotopic (exact) mass is 525 g/mol. The molecule has 2 heterocycles. The average Bonchev–Trinajstić information content (AvgIpc) is 3.12. The van der Waals surface area contributed by atoms with Gasteiger partial charge in [0, 0.05) is 7.05 Å². The lowest BCUT2D eigenvalue weighted by Crippen LogP contribution is -2.25. The van der Waals surface area contributed by atoms with E-state index in [1.54, 1.807) is 41.4 Å². The van der Waals surface area contributed by atoms with Crippen molar-refractivity contribution >= 4 is 34.3 Å². The fourth-order valence-corrected chi connectivity index (χ4v) is 5.13. The van der Waals surface area contributed by atoms with Crippen molar-refractivity contribution in [1.29, 1.82) is 0 Å². The minimum absolute atomic E-state index is 0.0330. The molecule has 38 heavy (non-hydrogen) atoms. The van der Waals surface area contributed by atoms with E-state index < -0.39 is 0 Å². The Morgan fingerprint density at radius 3 is 2.32 bits per heavy atom. The summed E-state index contributed by atoms with van der Waals surface area (Å²) in [5, 5.41) is 3.68. The topological polar surface area (TPSA) is 90.9 Å². The summed E-state index contributed by atoms with van der Waals surface area (Å²) in [7, 11) is 1.77. The van der Waals surface area contributed by atoms with Crippen LogP contribution >= 0.6 is 11.8 Å². The first kappa shape index (κ1) is 25.3. The number of amides is 1. The standard InChI is InChI=1S/C29H27N5O3S/c1-18-14-15-22(16-19(18)2)33-27(36)23-12-8-9-13-24(23)30-29(33)38-17-25(35)31-26-20(3)32(4)34(28(26)37)21-10-6-5-7-11-21/h5-16H,17H2,1-4H3,(H,31,35). The SMILES string of the molecule is Cc1ccc(-n2c(SCC(=O)Nc3c(C)n(C)n(-c4ccccc4)c3=O)nc3ccccc3c2=O)cc1C. The molecule has 8 nitrogen and oxygen atoms in total. The Bertz CT molecular complexity index is 1800. The van der Waals surface area contributed by atoms with Gasteiger partial charge in [0.25, 0.3) is 11.1 Å². The molecule has 0 bridgehead atoms. The molecule has 192 valence electrons. The number of hydrogen-bond acceptors (Lipinski definition) is 5. The third kappa shape index (κ3) is 4.56. The Hall–Kier alpha value is -4.37. The number of anilines is 1. The molecule has 0 aliphatic rings. The van der Waals surface area contributed by atoms with Crippen LogP contribution in [0.3, 0.4) is 0 Å². The molecule has 0 spiro atoms. The smallest absolute Gasteiger partial charge is 0.295 e. The van der Waals surface area contributed by atoms with E-state index in [1.165, 1.54) is 4.68 Å². The number of thioether (sulfide) groups is 1. The van der Waals surface area contributed by atoms with Crippen LogP contribution in [0.4, 0.5) is 5.69 Å². The van der Waals surface area contributed by atoms with Crippen LogP contribution in [-0.4, -0.2) is 30.6 Å². The molecule has 2 aromatic heterocycles. The van der Waals surface area contributed by atoms with Crippen LogP contribution < -0.4 is 16.4 Å². The third-order valence-electron chi connectivity index (χ3n) is 6.64. The summed E-state index contributed by atoms with van der Waals surface area (Å²) >= 11 is 1.15. The number of carbonyl (C=O) groups excluding carboxylic acids is 1. The van der Waals surface area contributed by atoms with E-state index in [0.717, 1.165) is 22.9 Å². The van der Waals surface area contributed by atoms with E-state index in [0.29, 0.717) is 33.1 Å². The molecule has 5 aromatic rings. The predicted octanol–water partition coefficient (Wildman–Crippen LogP) is 4.53. The molecule has 0 fully saturated rings. The highest BCUT2D eigenvalue weighted by atomic mass is 32.2. The number of fused-ring (bicyclic) bond motifs is 1. The van der Waals surface area contributed by atoms with Gasteiger partial charge in [0.15, 0.2) is 5.16 Å². The van der Waals surface area contributed by atoms with Gasteiger partial charge in [-0.05, 0) is 68.3 Å². The van der Waals surface area contributed by atoms with Gasteiger partial charge in [0.05, 0.1) is 33.7 Å². The van der Waals surface area contributed by atoms with Gasteiger partial charge in [-0.1, -0.05) is 48.2 Å². The minimum Gasteiger partial charge on any atom is -0.319 e. The second-order valence-corrected chi connectivity index (χ2v) is 10.0. The van der Waals surface area contributed by atoms with Gasteiger partial charge < -0.3 is 5.32 Å². The first-order valence-electron chi connectivity index (χ1n) is 12.1. The third-order valence-corrected chi connectivity index (χ3v) is 7.58. The Labute approximate surface area is 223 Å². The van der Waals surface area contributed by atoms with Gasteiger partial charge in [-0.25, -0.2) is 9.67 Å². The Morgan fingerprint density at radius 2 is 1.58 bits per heavy atom. The molecule has 0 saturated carbocycles. The summed E-state index contributed by atoms with van der Waals surface area (Å²) in [6, 6.07) is 22.2. The fraction of sp³-hybridized carbons (Fsp3) is 0.172. The van der Waals surface area contributed by atoms with Crippen molar-refractivity contribution in [3.63, 3.8) is 0 Å². The molecular formula is C29H27N5O3S. The van der Waals surface area contributed by atoms with E-state index in [4.69, 9.17) is 4.98 Å². The van der Waals surface area contributed by atoms with Crippen molar-refractivity contribution in [2.45, 2.75) is 25.9 Å². The van der Waals surface area contributed by atoms with Crippen molar-refractivity contribution in [3.8, 4) is 11.4 Å². The number of benzene rings is 3. The van der Waals surface area contributed by atoms with Gasteiger partial charge in [-0.3, -0.25) is 23.6 Å². The van der Waals surface area contributed by atoms with Crippen LogP contribution in [0.5, 0.6) is 0 Å². The summed E-state index contributed by atoms with van der Waals surface area (Å²) in [5.74, 6) is -0.399. The van der Waals surface area contributed by atoms with Crippen LogP contribution in [-0.2, 0) is 11.8 Å². The van der Waals surface area contributed by atoms with E-state index in [9.17, 15) is 14.4 Å². The van der Waals surface area contributed by atoms with Crippen molar-refractivity contribution in [1.82, 2.24) is 18.9 Å². The highest BCUT2D eigenvalue weighted by molar-refractivity contribution is 7.99. The number of aromatic nitrogens is 4. The van der Waals surface area contributed by atoms with Gasteiger partial charge in [0.2, 0.25) is 5.91 Å². The first-order valence-corrected chi connectivity index (χ1v) is 13.1. The molecule has 0 radical (unpaired) electrons. The van der Waals surface area contributed by atoms with Crippen molar-refractivity contribution in [2.75, 3.05) is 11.1 Å². The molecule has 1 N–H and O–H groups in total. The Morgan fingerprint density at radius 1 is 0.868 bits per heavy atom. The summed E-state index contributed by atoms with van der Waals surface area (Å²) < 4.78 is 4.77. The lowest BCUT2D eigenvalue weighted by Gasteiger charge is -2.14. The maximum absolute atomic E-state index is 13.5. The highest BCUT2D eigenvalue weighted by Gasteiger charge is 2.20. The number of hydrogen-bond donors (Lipinski definition) is 1. The molecule has 0 saturated heterocycles. The van der Waals surface area contributed by atoms with E-state index in [-0.39, 0.29) is 28.5 Å². The molecule has 3 aromatic carbocycles. The fourth-order valence-electron chi connectivity index (χ4n) is 4.32. The van der Waals surface area contributed by atoms with Crippen LogP contribution in [0.15, 0.2) is 87.5 Å². The quantitative estimate of drug-likeness (QED) is 0.260. The van der Waals surface area contributed by atoms with Crippen LogP contribution in [0.25, 0.3) is 22.3 Å². The number of aryl methyl sites for hydroxylation is 2. The zero-order valence-corrected chi connectivity index (χ0v) is 22.4. The van der Waals surface area contributed by atoms with Gasteiger partial charge in [0.1, 0.15) is 5.69 Å². The lowest BCUT2D eigenvalue weighted by molar-refractivity contribution is -0.113. The summed E-state index contributed by atoms with van der Waals surface area (Å²) in [6.45, 7) is 5.78. The average molecular weight is 526 g/mol. The number of nitrogens with one attached hydrogen (secondary N) is 1. The van der Waals surface area contributed by atoms with Crippen molar-refractivity contribution in [3.05, 3.63) is 110 Å². The predicted molar refractivity (Wildman–Crippen MR) is 152 cm³/mol. The van der Waals surface area contributed by atoms with Gasteiger partial charge in [-0.15, -0.1) is 0 Å². The second-order valence-electron chi connectivity index (χ2n) is 9.09. The van der Waals surface area contributed by atoms with Crippen LogP contribution in [0.1, 0.15) is 16.8 Å². The molecular weight excluding hydrogens is 498 g/mol. The van der Waals surface area contributed by atoms with E-state index in [1.807, 2.05) is 68.4 Å². The van der Waals surface area contributed by atoms with E-state index >= 15 is 0 Å². The summed E-state index contributed by atoms with van der Waals surface area (Å²) in [4.78, 5) is 44.4.